The maximum absolute atomic E-state index is 13.5. The zero-order valence-electron chi connectivity index (χ0n) is 60.7. The van der Waals surface area contributed by atoms with Crippen LogP contribution in [0.15, 0.2) is 109 Å². The number of aliphatic hydroxyl groups is 11. The van der Waals surface area contributed by atoms with Gasteiger partial charge in [0.15, 0.2) is 18.9 Å². The van der Waals surface area contributed by atoms with Crippen LogP contribution in [0.4, 0.5) is 0 Å². The van der Waals surface area contributed by atoms with Gasteiger partial charge in [0, 0.05) is 6.42 Å². The number of amides is 1. The van der Waals surface area contributed by atoms with Crippen LogP contribution in [0.2, 0.25) is 0 Å². The van der Waals surface area contributed by atoms with Gasteiger partial charge in [0.1, 0.15) is 73.2 Å². The van der Waals surface area contributed by atoms with Gasteiger partial charge >= 0.3 is 0 Å². The third-order valence-electron chi connectivity index (χ3n) is 18.6. The lowest BCUT2D eigenvalue weighted by atomic mass is 9.96. The zero-order chi connectivity index (χ0) is 71.8. The number of unbranched alkanes of at least 4 members (excludes halogenated alkanes) is 25. The van der Waals surface area contributed by atoms with Crippen LogP contribution in [0, 0.1) is 0 Å². The highest BCUT2D eigenvalue weighted by Crippen LogP contribution is 2.33. The van der Waals surface area contributed by atoms with Crippen molar-refractivity contribution in [3.05, 3.63) is 109 Å². The summed E-state index contributed by atoms with van der Waals surface area (Å²) in [5, 5.41) is 121. The van der Waals surface area contributed by atoms with E-state index in [9.17, 15) is 61.0 Å². The number of ether oxygens (including phenoxy) is 6. The number of carbonyl (C=O) groups excluding carboxylic acids is 1. The van der Waals surface area contributed by atoms with Crippen molar-refractivity contribution in [3.8, 4) is 0 Å². The molecule has 3 aliphatic heterocycles. The molecule has 19 nitrogen and oxygen atoms in total. The van der Waals surface area contributed by atoms with Crippen molar-refractivity contribution >= 4 is 5.91 Å². The predicted molar refractivity (Wildman–Crippen MR) is 392 cm³/mol. The van der Waals surface area contributed by atoms with Gasteiger partial charge in [-0.2, -0.15) is 0 Å². The molecular weight excluding hydrogens is 1260 g/mol. The molecule has 1 amide bonds. The maximum atomic E-state index is 13.5. The third kappa shape index (κ3) is 40.3. The quantitative estimate of drug-likeness (QED) is 0.0199. The van der Waals surface area contributed by atoms with Crippen molar-refractivity contribution in [2.24, 2.45) is 0 Å². The summed E-state index contributed by atoms with van der Waals surface area (Å²) >= 11 is 0. The molecule has 99 heavy (non-hydrogen) atoms. The molecule has 570 valence electrons. The highest BCUT2D eigenvalue weighted by atomic mass is 16.8. The van der Waals surface area contributed by atoms with Crippen LogP contribution >= 0.6 is 0 Å². The fourth-order valence-electron chi connectivity index (χ4n) is 12.4. The van der Waals surface area contributed by atoms with Gasteiger partial charge in [-0.25, -0.2) is 0 Å². The molecule has 0 aromatic rings. The minimum Gasteiger partial charge on any atom is -0.394 e. The first-order valence-corrected chi connectivity index (χ1v) is 38.6. The largest absolute Gasteiger partial charge is 0.394 e. The Labute approximate surface area is 595 Å². The number of hydrogen-bond donors (Lipinski definition) is 12. The highest BCUT2D eigenvalue weighted by Gasteiger charge is 2.53. The third-order valence-corrected chi connectivity index (χ3v) is 18.6. The Morgan fingerprint density at radius 2 is 0.697 bits per heavy atom. The summed E-state index contributed by atoms with van der Waals surface area (Å²) in [5.74, 6) is -0.252. The molecule has 3 aliphatic rings. The fourth-order valence-corrected chi connectivity index (χ4v) is 12.4. The molecule has 0 aliphatic carbocycles. The van der Waals surface area contributed by atoms with E-state index in [-0.39, 0.29) is 18.9 Å². The molecular formula is C80H137NO18. The van der Waals surface area contributed by atoms with Crippen LogP contribution in [0.25, 0.3) is 0 Å². The van der Waals surface area contributed by atoms with Gasteiger partial charge in [0.05, 0.1) is 38.6 Å². The van der Waals surface area contributed by atoms with Gasteiger partial charge in [-0.15, -0.1) is 0 Å². The number of carbonyl (C=O) groups is 1. The second kappa shape index (κ2) is 59.8. The summed E-state index contributed by atoms with van der Waals surface area (Å²) in [6, 6.07) is -0.898. The lowest BCUT2D eigenvalue weighted by Gasteiger charge is -2.48. The van der Waals surface area contributed by atoms with Crippen LogP contribution in [0.5, 0.6) is 0 Å². The number of nitrogens with one attached hydrogen (secondary N) is 1. The average Bonchev–Trinajstić information content (AvgIpc) is 0.786. The van der Waals surface area contributed by atoms with E-state index in [2.05, 4.69) is 129 Å². The molecule has 0 spiro atoms. The first kappa shape index (κ1) is 89.7. The summed E-state index contributed by atoms with van der Waals surface area (Å²) in [5.41, 5.74) is 0. The van der Waals surface area contributed by atoms with Gasteiger partial charge in [-0.3, -0.25) is 4.79 Å². The SMILES string of the molecule is CC/C=C\C/C=C\C/C=C\C/C=C\C/C=C\C/C=C\C/C=C\C/C=C\C/C=C\CCCCCCCCCCCC(=O)NC(COC1OC(CO)C(OC2OC(CO)C(OC3OC(CO)C(O)C(O)C3O)C(O)C2O)C(O)C1O)C(O)CCCCCCCCCCCCCCCCCCC. The summed E-state index contributed by atoms with van der Waals surface area (Å²) in [7, 11) is 0. The van der Waals surface area contributed by atoms with Gasteiger partial charge in [0.2, 0.25) is 5.91 Å². The molecule has 17 unspecified atom stereocenters. The molecule has 3 heterocycles. The van der Waals surface area contributed by atoms with Crippen LogP contribution < -0.4 is 5.32 Å². The van der Waals surface area contributed by atoms with E-state index in [0.717, 1.165) is 116 Å². The topological polar surface area (TPSA) is 307 Å². The summed E-state index contributed by atoms with van der Waals surface area (Å²) in [6.45, 7) is 1.68. The molecule has 0 aromatic carbocycles. The lowest BCUT2D eigenvalue weighted by molar-refractivity contribution is -0.379. The summed E-state index contributed by atoms with van der Waals surface area (Å²) in [6.07, 6.45) is 54.5. The Morgan fingerprint density at radius 1 is 0.374 bits per heavy atom. The predicted octanol–water partition coefficient (Wildman–Crippen LogP) is 12.2. The van der Waals surface area contributed by atoms with Crippen LogP contribution in [0.3, 0.4) is 0 Å². The van der Waals surface area contributed by atoms with Gasteiger partial charge in [-0.05, 0) is 83.5 Å². The first-order chi connectivity index (χ1) is 48.3. The molecule has 3 fully saturated rings. The summed E-state index contributed by atoms with van der Waals surface area (Å²) in [4.78, 5) is 13.5. The van der Waals surface area contributed by atoms with E-state index in [0.29, 0.717) is 12.8 Å². The first-order valence-electron chi connectivity index (χ1n) is 38.6. The average molecular weight is 1400 g/mol. The van der Waals surface area contributed by atoms with E-state index < -0.39 is 124 Å². The van der Waals surface area contributed by atoms with Crippen molar-refractivity contribution in [2.75, 3.05) is 26.4 Å². The Kier molecular flexibility index (Phi) is 54.2. The zero-order valence-corrected chi connectivity index (χ0v) is 60.7. The molecule has 3 rings (SSSR count). The fraction of sp³-hybridized carbons (Fsp3) is 0.762. The molecule has 0 aromatic heterocycles. The smallest absolute Gasteiger partial charge is 0.220 e. The van der Waals surface area contributed by atoms with Crippen LogP contribution in [-0.4, -0.2) is 193 Å². The van der Waals surface area contributed by atoms with Crippen molar-refractivity contribution in [3.63, 3.8) is 0 Å². The Bertz CT molecular complexity index is 2220. The minimum absolute atomic E-state index is 0.252. The molecule has 0 bridgehead atoms. The molecule has 0 saturated carbocycles. The standard InChI is InChI=1S/C80H137NO18/c1-3-5-7-9-11-13-15-17-19-21-22-23-24-25-26-27-28-29-30-31-32-33-34-35-36-37-38-39-40-42-44-46-48-50-52-54-56-58-68(86)81-63(64(85)57-55-53-51-49-47-45-43-41-20-18-16-14-12-10-8-6-4-2)62-94-78-74(92)71(89)76(66(60-83)96-78)99-80-75(93)72(90)77(67(61-84)97-80)98-79-73(91)70(88)69(87)65(59-82)95-79/h5,7,11,13,17,19,22-23,25-26,28-29,31-32,34-35,37-38,63-67,69-80,82-85,87-93H,3-4,6,8-10,12,14-16,18,20-21,24,27,30,33,36,39-62H2,1-2H3,(H,81,86)/b7-5-,13-11-,19-17-,23-22-,26-25-,29-28-,32-31-,35-34-,38-37-. The molecule has 12 N–H and O–H groups in total. The number of rotatable bonds is 59. The normalized spacial score (nSPS) is 27.2. The van der Waals surface area contributed by atoms with Gasteiger partial charge < -0.3 is 89.9 Å². The van der Waals surface area contributed by atoms with Gasteiger partial charge in [-0.1, -0.05) is 277 Å². The molecule has 0 radical (unpaired) electrons. The summed E-state index contributed by atoms with van der Waals surface area (Å²) < 4.78 is 34.5. The number of hydrogen-bond acceptors (Lipinski definition) is 18. The van der Waals surface area contributed by atoms with E-state index >= 15 is 0 Å². The molecule has 17 atom stereocenters. The maximum Gasteiger partial charge on any atom is 0.220 e. The Hall–Kier alpha value is -3.55. The Morgan fingerprint density at radius 3 is 1.09 bits per heavy atom. The van der Waals surface area contributed by atoms with Crippen LogP contribution in [-0.2, 0) is 33.2 Å². The van der Waals surface area contributed by atoms with E-state index in [1.165, 1.54) is 109 Å². The lowest BCUT2D eigenvalue weighted by Crippen LogP contribution is -2.66. The number of allylic oxidation sites excluding steroid dienone is 18. The molecule has 3 saturated heterocycles. The van der Waals surface area contributed by atoms with Crippen molar-refractivity contribution < 1.29 is 89.4 Å². The van der Waals surface area contributed by atoms with Crippen LogP contribution in [0.1, 0.15) is 258 Å². The highest BCUT2D eigenvalue weighted by molar-refractivity contribution is 5.76. The van der Waals surface area contributed by atoms with E-state index in [4.69, 9.17) is 28.4 Å². The van der Waals surface area contributed by atoms with E-state index in [1.807, 2.05) is 0 Å². The second-order valence-corrected chi connectivity index (χ2v) is 27.1. The van der Waals surface area contributed by atoms with Crippen molar-refractivity contribution in [1.29, 1.82) is 0 Å². The molecule has 19 heteroatoms. The Balaban J connectivity index is 1.36. The minimum atomic E-state index is -1.98. The second-order valence-electron chi connectivity index (χ2n) is 27.1. The monoisotopic (exact) mass is 1400 g/mol. The van der Waals surface area contributed by atoms with Gasteiger partial charge in [0.25, 0.3) is 0 Å². The van der Waals surface area contributed by atoms with Crippen molar-refractivity contribution in [2.45, 2.75) is 362 Å². The van der Waals surface area contributed by atoms with Crippen molar-refractivity contribution in [1.82, 2.24) is 5.32 Å². The number of aliphatic hydroxyl groups excluding tert-OH is 11. The van der Waals surface area contributed by atoms with E-state index in [1.54, 1.807) is 0 Å².